The highest BCUT2D eigenvalue weighted by molar-refractivity contribution is 9.10. The molecule has 0 saturated carbocycles. The zero-order valence-electron chi connectivity index (χ0n) is 4.94. The summed E-state index contributed by atoms with van der Waals surface area (Å²) in [5.74, 6) is 0.417. The molecule has 0 fully saturated rings. The SMILES string of the molecule is ClCc1cc(Br)ncc1Cl. The summed E-state index contributed by atoms with van der Waals surface area (Å²) in [6.07, 6.45) is 1.57. The van der Waals surface area contributed by atoms with Gasteiger partial charge in [-0.05, 0) is 27.6 Å². The molecule has 0 saturated heterocycles. The van der Waals surface area contributed by atoms with Crippen molar-refractivity contribution in [1.82, 2.24) is 4.98 Å². The normalized spacial score (nSPS) is 9.90. The highest BCUT2D eigenvalue weighted by atomic mass is 79.9. The molecule has 54 valence electrons. The van der Waals surface area contributed by atoms with Crippen LogP contribution in [0, 0.1) is 0 Å². The van der Waals surface area contributed by atoms with Crippen LogP contribution in [0.5, 0.6) is 0 Å². The van der Waals surface area contributed by atoms with Gasteiger partial charge in [0.2, 0.25) is 0 Å². The lowest BCUT2D eigenvalue weighted by atomic mass is 10.3. The monoisotopic (exact) mass is 239 g/mol. The van der Waals surface area contributed by atoms with E-state index in [9.17, 15) is 0 Å². The fraction of sp³-hybridized carbons (Fsp3) is 0.167. The van der Waals surface area contributed by atoms with Gasteiger partial charge in [0.15, 0.2) is 0 Å². The van der Waals surface area contributed by atoms with Crippen LogP contribution in [0.2, 0.25) is 5.02 Å². The van der Waals surface area contributed by atoms with Crippen molar-refractivity contribution in [3.05, 3.63) is 27.5 Å². The predicted octanol–water partition coefficient (Wildman–Crippen LogP) is 3.24. The lowest BCUT2D eigenvalue weighted by Crippen LogP contribution is -1.82. The molecule has 4 heteroatoms. The van der Waals surface area contributed by atoms with Gasteiger partial charge >= 0.3 is 0 Å². The van der Waals surface area contributed by atoms with Gasteiger partial charge in [-0.25, -0.2) is 4.98 Å². The summed E-state index contributed by atoms with van der Waals surface area (Å²) in [6, 6.07) is 1.80. The number of hydrogen-bond acceptors (Lipinski definition) is 1. The standard InChI is InChI=1S/C6H4BrCl2N/c7-6-1-4(2-8)5(9)3-10-6/h1,3H,2H2. The second kappa shape index (κ2) is 3.56. The fourth-order valence-electron chi connectivity index (χ4n) is 0.554. The molecule has 0 bridgehead atoms. The number of hydrogen-bond donors (Lipinski definition) is 0. The molecule has 1 rings (SSSR count). The third-order valence-corrected chi connectivity index (χ3v) is 2.11. The van der Waals surface area contributed by atoms with Gasteiger partial charge in [0.05, 0.1) is 5.02 Å². The van der Waals surface area contributed by atoms with E-state index in [0.717, 1.165) is 10.2 Å². The van der Waals surface area contributed by atoms with E-state index in [0.29, 0.717) is 10.9 Å². The Bertz CT molecular complexity index is 239. The maximum absolute atomic E-state index is 5.73. The number of alkyl halides is 1. The van der Waals surface area contributed by atoms with Crippen LogP contribution in [0.3, 0.4) is 0 Å². The summed E-state index contributed by atoms with van der Waals surface area (Å²) in [6.45, 7) is 0. The molecule has 0 aliphatic heterocycles. The van der Waals surface area contributed by atoms with Crippen LogP contribution in [0.1, 0.15) is 5.56 Å². The first kappa shape index (κ1) is 8.31. The molecule has 10 heavy (non-hydrogen) atoms. The number of rotatable bonds is 1. The molecule has 1 nitrogen and oxygen atoms in total. The zero-order chi connectivity index (χ0) is 7.56. The predicted molar refractivity (Wildman–Crippen MR) is 46.5 cm³/mol. The second-order valence-corrected chi connectivity index (χ2v) is 3.22. The van der Waals surface area contributed by atoms with Crippen molar-refractivity contribution in [3.63, 3.8) is 0 Å². The Morgan fingerprint density at radius 1 is 1.60 bits per heavy atom. The minimum absolute atomic E-state index is 0.417. The van der Waals surface area contributed by atoms with Crippen molar-refractivity contribution in [1.29, 1.82) is 0 Å². The number of pyridine rings is 1. The molecule has 0 spiro atoms. The van der Waals surface area contributed by atoms with Crippen molar-refractivity contribution < 1.29 is 0 Å². The van der Waals surface area contributed by atoms with Gasteiger partial charge in [-0.15, -0.1) is 11.6 Å². The van der Waals surface area contributed by atoms with E-state index in [1.54, 1.807) is 12.3 Å². The van der Waals surface area contributed by atoms with Crippen LogP contribution >= 0.6 is 39.1 Å². The first-order valence-corrected chi connectivity index (χ1v) is 4.30. The first-order chi connectivity index (χ1) is 4.74. The fourth-order valence-corrected chi connectivity index (χ4v) is 1.39. The molecule has 1 aromatic heterocycles. The van der Waals surface area contributed by atoms with Crippen molar-refractivity contribution in [2.24, 2.45) is 0 Å². The van der Waals surface area contributed by atoms with E-state index in [2.05, 4.69) is 20.9 Å². The largest absolute Gasteiger partial charge is 0.248 e. The Kier molecular flexibility index (Phi) is 2.96. The van der Waals surface area contributed by atoms with Gasteiger partial charge in [-0.2, -0.15) is 0 Å². The average molecular weight is 241 g/mol. The summed E-state index contributed by atoms with van der Waals surface area (Å²) in [4.78, 5) is 3.91. The summed E-state index contributed by atoms with van der Waals surface area (Å²) >= 11 is 14.5. The molecule has 1 aromatic rings. The van der Waals surface area contributed by atoms with Crippen molar-refractivity contribution in [2.45, 2.75) is 5.88 Å². The van der Waals surface area contributed by atoms with E-state index in [4.69, 9.17) is 23.2 Å². The Morgan fingerprint density at radius 3 is 2.80 bits per heavy atom. The van der Waals surface area contributed by atoms with E-state index in [1.165, 1.54) is 0 Å². The number of halogens is 3. The smallest absolute Gasteiger partial charge is 0.106 e. The minimum atomic E-state index is 0.417. The molecular weight excluding hydrogens is 237 g/mol. The molecular formula is C6H4BrCl2N. The van der Waals surface area contributed by atoms with Gasteiger partial charge in [0, 0.05) is 12.1 Å². The average Bonchev–Trinajstić information content (AvgIpc) is 1.94. The van der Waals surface area contributed by atoms with Gasteiger partial charge in [0.25, 0.3) is 0 Å². The molecule has 0 unspecified atom stereocenters. The maximum atomic E-state index is 5.73. The topological polar surface area (TPSA) is 12.9 Å². The first-order valence-electron chi connectivity index (χ1n) is 2.60. The van der Waals surface area contributed by atoms with Gasteiger partial charge in [-0.1, -0.05) is 11.6 Å². The van der Waals surface area contributed by atoms with E-state index < -0.39 is 0 Å². The highest BCUT2D eigenvalue weighted by Gasteiger charge is 1.98. The highest BCUT2D eigenvalue weighted by Crippen LogP contribution is 2.19. The van der Waals surface area contributed by atoms with Crippen molar-refractivity contribution >= 4 is 39.1 Å². The molecule has 0 atom stereocenters. The van der Waals surface area contributed by atoms with E-state index >= 15 is 0 Å². The lowest BCUT2D eigenvalue weighted by Gasteiger charge is -1.97. The Hall–Kier alpha value is 0.210. The minimum Gasteiger partial charge on any atom is -0.248 e. The van der Waals surface area contributed by atoms with E-state index in [-0.39, 0.29) is 0 Å². The molecule has 1 heterocycles. The maximum Gasteiger partial charge on any atom is 0.106 e. The number of nitrogens with zero attached hydrogens (tertiary/aromatic N) is 1. The third kappa shape index (κ3) is 1.84. The number of aromatic nitrogens is 1. The zero-order valence-corrected chi connectivity index (χ0v) is 8.04. The van der Waals surface area contributed by atoms with Crippen molar-refractivity contribution in [3.8, 4) is 0 Å². The molecule has 0 radical (unpaired) electrons. The van der Waals surface area contributed by atoms with Crippen molar-refractivity contribution in [2.75, 3.05) is 0 Å². The molecule has 0 aliphatic rings. The van der Waals surface area contributed by atoms with Gasteiger partial charge in [0.1, 0.15) is 4.60 Å². The van der Waals surface area contributed by atoms with Crippen LogP contribution in [-0.4, -0.2) is 4.98 Å². The van der Waals surface area contributed by atoms with Crippen LogP contribution < -0.4 is 0 Å². The summed E-state index contributed by atoms with van der Waals surface area (Å²) in [5, 5.41) is 0.609. The summed E-state index contributed by atoms with van der Waals surface area (Å²) in [7, 11) is 0. The molecule has 0 N–H and O–H groups in total. The lowest BCUT2D eigenvalue weighted by molar-refractivity contribution is 1.23. The van der Waals surface area contributed by atoms with E-state index in [1.807, 2.05) is 0 Å². The Morgan fingerprint density at radius 2 is 2.30 bits per heavy atom. The third-order valence-electron chi connectivity index (χ3n) is 1.05. The van der Waals surface area contributed by atoms with Crippen LogP contribution in [-0.2, 0) is 5.88 Å². The van der Waals surface area contributed by atoms with Crippen LogP contribution in [0.4, 0.5) is 0 Å². The Balaban J connectivity index is 3.09. The molecule has 0 amide bonds. The molecule has 0 aliphatic carbocycles. The summed E-state index contributed by atoms with van der Waals surface area (Å²) < 4.78 is 0.757. The van der Waals surface area contributed by atoms with Crippen LogP contribution in [0.15, 0.2) is 16.9 Å². The van der Waals surface area contributed by atoms with Gasteiger partial charge < -0.3 is 0 Å². The second-order valence-electron chi connectivity index (χ2n) is 1.73. The Labute approximate surface area is 77.5 Å². The summed E-state index contributed by atoms with van der Waals surface area (Å²) in [5.41, 5.74) is 0.894. The quantitative estimate of drug-likeness (QED) is 0.543. The van der Waals surface area contributed by atoms with Crippen LogP contribution in [0.25, 0.3) is 0 Å². The van der Waals surface area contributed by atoms with Gasteiger partial charge in [-0.3, -0.25) is 0 Å². The molecule has 0 aromatic carbocycles.